The number of aromatic nitrogens is 2. The van der Waals surface area contributed by atoms with Gasteiger partial charge in [-0.25, -0.2) is 8.78 Å². The van der Waals surface area contributed by atoms with Crippen molar-refractivity contribution in [1.29, 1.82) is 0 Å². The lowest BCUT2D eigenvalue weighted by Gasteiger charge is -2.23. The fourth-order valence-electron chi connectivity index (χ4n) is 1.45. The van der Waals surface area contributed by atoms with Crippen molar-refractivity contribution in [3.8, 4) is 0 Å². The molecule has 0 aromatic carbocycles. The van der Waals surface area contributed by atoms with Crippen LogP contribution in [0.25, 0.3) is 0 Å². The number of carbonyl (C=O) groups excluding carboxylic acids is 1. The van der Waals surface area contributed by atoms with E-state index in [-0.39, 0.29) is 11.6 Å². The van der Waals surface area contributed by atoms with Gasteiger partial charge in [-0.2, -0.15) is 5.10 Å². The van der Waals surface area contributed by atoms with Crippen molar-refractivity contribution in [2.24, 2.45) is 7.05 Å². The Hall–Kier alpha value is -1.50. The first-order valence-corrected chi connectivity index (χ1v) is 5.12. The van der Waals surface area contributed by atoms with Crippen LogP contribution in [-0.4, -0.2) is 38.5 Å². The van der Waals surface area contributed by atoms with Crippen molar-refractivity contribution in [3.63, 3.8) is 0 Å². The van der Waals surface area contributed by atoms with E-state index in [1.165, 1.54) is 13.2 Å². The second-order valence-corrected chi connectivity index (χ2v) is 3.91. The molecule has 1 heterocycles. The quantitative estimate of drug-likeness (QED) is 0.812. The van der Waals surface area contributed by atoms with Gasteiger partial charge >= 0.3 is 0 Å². The number of hydrogen-bond acceptors (Lipinski definition) is 3. The van der Waals surface area contributed by atoms with E-state index in [9.17, 15) is 13.6 Å². The smallest absolute Gasteiger partial charge is 0.282 e. The molecule has 0 bridgehead atoms. The summed E-state index contributed by atoms with van der Waals surface area (Å²) < 4.78 is 26.5. The molecular formula is C10H15F2N3O2. The van der Waals surface area contributed by atoms with Gasteiger partial charge < -0.3 is 10.0 Å². The van der Waals surface area contributed by atoms with E-state index < -0.39 is 24.8 Å². The van der Waals surface area contributed by atoms with E-state index >= 15 is 0 Å². The third-order valence-electron chi connectivity index (χ3n) is 2.33. The van der Waals surface area contributed by atoms with Crippen LogP contribution in [0.15, 0.2) is 6.20 Å². The van der Waals surface area contributed by atoms with Crippen LogP contribution in [0, 0.1) is 0 Å². The predicted octanol–water partition coefficient (Wildman–Crippen LogP) is 1.16. The third kappa shape index (κ3) is 2.79. The molecule has 96 valence electrons. The summed E-state index contributed by atoms with van der Waals surface area (Å²) in [5, 5.41) is 12.6. The molecule has 5 nitrogen and oxygen atoms in total. The van der Waals surface area contributed by atoms with Gasteiger partial charge in [-0.15, -0.1) is 0 Å². The van der Waals surface area contributed by atoms with Crippen LogP contribution >= 0.6 is 0 Å². The van der Waals surface area contributed by atoms with Gasteiger partial charge in [-0.3, -0.25) is 9.48 Å². The highest BCUT2D eigenvalue weighted by atomic mass is 19.3. The molecule has 7 heteroatoms. The molecule has 1 amide bonds. The summed E-state index contributed by atoms with van der Waals surface area (Å²) in [6.45, 7) is 2.85. The van der Waals surface area contributed by atoms with Crippen molar-refractivity contribution >= 4 is 5.91 Å². The standard InChI is InChI=1S/C10H15F2N3O2/c1-6(2)15(5-16)10(17)7-4-14(3)13-8(7)9(11)12/h4,6,9,16H,5H2,1-3H3. The van der Waals surface area contributed by atoms with Crippen LogP contribution in [0.2, 0.25) is 0 Å². The number of aliphatic hydroxyl groups excluding tert-OH is 1. The zero-order valence-corrected chi connectivity index (χ0v) is 9.89. The maximum Gasteiger partial charge on any atom is 0.282 e. The summed E-state index contributed by atoms with van der Waals surface area (Å²) in [5.74, 6) is -0.647. The molecule has 0 spiro atoms. The minimum atomic E-state index is -2.82. The predicted molar refractivity (Wildman–Crippen MR) is 56.6 cm³/mol. The molecule has 0 fully saturated rings. The molecule has 1 aromatic heterocycles. The van der Waals surface area contributed by atoms with E-state index in [4.69, 9.17) is 5.11 Å². The Bertz CT molecular complexity index is 404. The van der Waals surface area contributed by atoms with Crippen molar-refractivity contribution < 1.29 is 18.7 Å². The van der Waals surface area contributed by atoms with Gasteiger partial charge in [-0.1, -0.05) is 0 Å². The molecule has 0 atom stereocenters. The summed E-state index contributed by atoms with van der Waals surface area (Å²) in [6, 6.07) is -0.279. The molecule has 0 aliphatic carbocycles. The van der Waals surface area contributed by atoms with Crippen LogP contribution in [0.4, 0.5) is 8.78 Å². The SMILES string of the molecule is CC(C)N(CO)C(=O)c1cn(C)nc1C(F)F. The maximum absolute atomic E-state index is 12.7. The van der Waals surface area contributed by atoms with Crippen LogP contribution in [0.1, 0.15) is 36.3 Å². The van der Waals surface area contributed by atoms with Gasteiger partial charge in [0.15, 0.2) is 0 Å². The fraction of sp³-hybridized carbons (Fsp3) is 0.600. The molecule has 0 aliphatic rings. The monoisotopic (exact) mass is 247 g/mol. The maximum atomic E-state index is 12.7. The zero-order valence-electron chi connectivity index (χ0n) is 9.89. The summed E-state index contributed by atoms with van der Waals surface area (Å²) in [6.07, 6.45) is -1.59. The Balaban J connectivity index is 3.10. The molecule has 0 aliphatic heterocycles. The second kappa shape index (κ2) is 5.22. The lowest BCUT2D eigenvalue weighted by atomic mass is 10.2. The van der Waals surface area contributed by atoms with E-state index in [1.54, 1.807) is 13.8 Å². The Labute approximate surface area is 97.6 Å². The zero-order chi connectivity index (χ0) is 13.2. The second-order valence-electron chi connectivity index (χ2n) is 3.91. The molecule has 17 heavy (non-hydrogen) atoms. The Morgan fingerprint density at radius 1 is 1.59 bits per heavy atom. The van der Waals surface area contributed by atoms with Crippen molar-refractivity contribution in [2.75, 3.05) is 6.73 Å². The van der Waals surface area contributed by atoms with Crippen LogP contribution < -0.4 is 0 Å². The number of halogens is 2. The first-order valence-electron chi connectivity index (χ1n) is 5.12. The lowest BCUT2D eigenvalue weighted by molar-refractivity contribution is 0.0454. The van der Waals surface area contributed by atoms with Crippen LogP contribution in [0.5, 0.6) is 0 Å². The van der Waals surface area contributed by atoms with Gasteiger partial charge in [0, 0.05) is 19.3 Å². The summed E-state index contributed by atoms with van der Waals surface area (Å²) >= 11 is 0. The number of aryl methyl sites for hydroxylation is 1. The van der Waals surface area contributed by atoms with Crippen LogP contribution in [-0.2, 0) is 7.05 Å². The number of amides is 1. The fourth-order valence-corrected chi connectivity index (χ4v) is 1.45. The summed E-state index contributed by atoms with van der Waals surface area (Å²) in [4.78, 5) is 13.0. The van der Waals surface area contributed by atoms with E-state index in [2.05, 4.69) is 5.10 Å². The van der Waals surface area contributed by atoms with Gasteiger partial charge in [0.2, 0.25) is 0 Å². The number of aliphatic hydroxyl groups is 1. The normalized spacial score (nSPS) is 11.3. The molecule has 0 saturated carbocycles. The number of nitrogens with zero attached hydrogens (tertiary/aromatic N) is 3. The molecule has 1 aromatic rings. The first-order chi connectivity index (χ1) is 7.88. The van der Waals surface area contributed by atoms with Crippen molar-refractivity contribution in [2.45, 2.75) is 26.3 Å². The van der Waals surface area contributed by atoms with E-state index in [0.29, 0.717) is 0 Å². The minimum absolute atomic E-state index is 0.176. The van der Waals surface area contributed by atoms with Gasteiger partial charge in [0.05, 0.1) is 5.56 Å². The molecule has 1 N–H and O–H groups in total. The molecular weight excluding hydrogens is 232 g/mol. The molecule has 0 radical (unpaired) electrons. The van der Waals surface area contributed by atoms with E-state index in [1.807, 2.05) is 0 Å². The van der Waals surface area contributed by atoms with Gasteiger partial charge in [0.25, 0.3) is 12.3 Å². The molecule has 0 saturated heterocycles. The highest BCUT2D eigenvalue weighted by Gasteiger charge is 2.27. The highest BCUT2D eigenvalue weighted by Crippen LogP contribution is 2.22. The lowest BCUT2D eigenvalue weighted by Crippen LogP contribution is -2.37. The molecule has 1 rings (SSSR count). The highest BCUT2D eigenvalue weighted by molar-refractivity contribution is 5.95. The number of hydrogen-bond donors (Lipinski definition) is 1. The van der Waals surface area contributed by atoms with E-state index in [0.717, 1.165) is 9.58 Å². The topological polar surface area (TPSA) is 58.4 Å². The summed E-state index contributed by atoms with van der Waals surface area (Å²) in [5.41, 5.74) is -0.734. The summed E-state index contributed by atoms with van der Waals surface area (Å²) in [7, 11) is 1.46. The average Bonchev–Trinajstić information content (AvgIpc) is 2.60. The Morgan fingerprint density at radius 2 is 2.18 bits per heavy atom. The van der Waals surface area contributed by atoms with Crippen molar-refractivity contribution in [3.05, 3.63) is 17.5 Å². The number of carbonyl (C=O) groups is 1. The van der Waals surface area contributed by atoms with Crippen LogP contribution in [0.3, 0.4) is 0 Å². The Morgan fingerprint density at radius 3 is 2.59 bits per heavy atom. The number of rotatable bonds is 4. The van der Waals surface area contributed by atoms with Gasteiger partial charge in [0.1, 0.15) is 12.4 Å². The number of alkyl halides is 2. The minimum Gasteiger partial charge on any atom is -0.376 e. The largest absolute Gasteiger partial charge is 0.376 e. The first kappa shape index (κ1) is 13.6. The average molecular weight is 247 g/mol. The third-order valence-corrected chi connectivity index (χ3v) is 2.33. The van der Waals surface area contributed by atoms with Crippen molar-refractivity contribution in [1.82, 2.24) is 14.7 Å². The van der Waals surface area contributed by atoms with Gasteiger partial charge in [-0.05, 0) is 13.8 Å². The Kier molecular flexibility index (Phi) is 4.17. The molecule has 0 unspecified atom stereocenters.